The molecule has 19 heavy (non-hydrogen) atoms. The van der Waals surface area contributed by atoms with E-state index in [9.17, 15) is 0 Å². The number of para-hydroxylation sites is 1. The van der Waals surface area contributed by atoms with E-state index in [1.54, 1.807) is 0 Å². The second-order valence-corrected chi connectivity index (χ2v) is 6.29. The summed E-state index contributed by atoms with van der Waals surface area (Å²) in [5.41, 5.74) is 1.05. The fraction of sp³-hybridized carbons (Fsp3) is 0.538. The molecule has 0 spiro atoms. The third kappa shape index (κ3) is 6.35. The molecule has 4 nitrogen and oxygen atoms in total. The Labute approximate surface area is 121 Å². The second-order valence-electron chi connectivity index (χ2n) is 3.70. The Morgan fingerprint density at radius 3 is 1.79 bits per heavy atom. The first-order valence-electron chi connectivity index (χ1n) is 6.47. The van der Waals surface area contributed by atoms with Crippen molar-refractivity contribution in [2.75, 3.05) is 31.3 Å². The smallest absolute Gasteiger partial charge is 0.381 e. The van der Waals surface area contributed by atoms with Crippen LogP contribution in [0.5, 0.6) is 0 Å². The van der Waals surface area contributed by atoms with Crippen molar-refractivity contribution in [1.82, 2.24) is 0 Å². The Balaban J connectivity index is 0.00000324. The van der Waals surface area contributed by atoms with Crippen molar-refractivity contribution in [2.45, 2.75) is 20.8 Å². The van der Waals surface area contributed by atoms with Crippen molar-refractivity contribution in [3.8, 4) is 0 Å². The fourth-order valence-corrected chi connectivity index (χ4v) is 4.00. The topological polar surface area (TPSA) is 39.7 Å². The summed E-state index contributed by atoms with van der Waals surface area (Å²) in [5, 5.41) is 3.33. The van der Waals surface area contributed by atoms with Gasteiger partial charge in [0.1, 0.15) is 0 Å². The third-order valence-electron chi connectivity index (χ3n) is 2.38. The van der Waals surface area contributed by atoms with E-state index < -0.39 is 8.80 Å². The summed E-state index contributed by atoms with van der Waals surface area (Å²) in [6.07, 6.45) is 0.590. The maximum absolute atomic E-state index is 5.76. The maximum Gasteiger partial charge on any atom is 0.521 e. The largest absolute Gasteiger partial charge is 0.521 e. The number of hydrogen-bond acceptors (Lipinski definition) is 4. The van der Waals surface area contributed by atoms with Crippen LogP contribution in [0.1, 0.15) is 20.8 Å². The molecule has 0 radical (unpaired) electrons. The molecule has 1 N–H and O–H groups in total. The molecule has 0 saturated carbocycles. The molecule has 110 valence electrons. The van der Waals surface area contributed by atoms with Gasteiger partial charge in [-0.15, -0.1) is 0 Å². The van der Waals surface area contributed by atoms with E-state index in [1.807, 2.05) is 51.1 Å². The molecule has 6 heteroatoms. The van der Waals surface area contributed by atoms with E-state index in [0.29, 0.717) is 26.0 Å². The average Bonchev–Trinajstić information content (AvgIpc) is 2.39. The molecule has 0 heterocycles. The molecule has 0 aliphatic carbocycles. The van der Waals surface area contributed by atoms with Crippen LogP contribution in [-0.2, 0) is 13.3 Å². The molecule has 1 aromatic carbocycles. The highest BCUT2D eigenvalue weighted by molar-refractivity contribution is 6.61. The Morgan fingerprint density at radius 1 is 0.895 bits per heavy atom. The third-order valence-corrected chi connectivity index (χ3v) is 5.17. The minimum atomic E-state index is -2.59. The van der Waals surface area contributed by atoms with Crippen LogP contribution in [0.2, 0.25) is 0 Å². The minimum Gasteiger partial charge on any atom is -0.381 e. The molecule has 1 aromatic rings. The molecule has 0 unspecified atom stereocenters. The van der Waals surface area contributed by atoms with Gasteiger partial charge in [0.15, 0.2) is 0 Å². The first kappa shape index (κ1) is 18.3. The molecule has 0 bridgehead atoms. The quantitative estimate of drug-likeness (QED) is 0.697. The summed E-state index contributed by atoms with van der Waals surface area (Å²) in [6.45, 7) is 7.68. The zero-order valence-electron chi connectivity index (χ0n) is 11.4. The highest BCUT2D eigenvalue weighted by Crippen LogP contribution is 2.13. The molecule has 0 aromatic heterocycles. The van der Waals surface area contributed by atoms with Crippen molar-refractivity contribution in [1.29, 1.82) is 0 Å². The summed E-state index contributed by atoms with van der Waals surface area (Å²) >= 11 is 0. The van der Waals surface area contributed by atoms with Crippen LogP contribution in [0, 0.1) is 0 Å². The first-order valence-corrected chi connectivity index (χ1v) is 8.40. The number of nitrogens with one attached hydrogen (secondary N) is 1. The molecule has 0 atom stereocenters. The van der Waals surface area contributed by atoms with Crippen molar-refractivity contribution in [2.24, 2.45) is 0 Å². The van der Waals surface area contributed by atoms with E-state index in [1.165, 1.54) is 0 Å². The Hall–Kier alpha value is -0.666. The van der Waals surface area contributed by atoms with Gasteiger partial charge >= 0.3 is 8.80 Å². The van der Waals surface area contributed by atoms with Crippen LogP contribution >= 0.6 is 0 Å². The van der Waals surface area contributed by atoms with Crippen LogP contribution in [0.3, 0.4) is 0 Å². The van der Waals surface area contributed by atoms with Gasteiger partial charge in [-0.1, -0.05) is 18.2 Å². The molecule has 0 aliphatic rings. The zero-order valence-corrected chi connectivity index (χ0v) is 12.4. The highest BCUT2D eigenvalue weighted by Gasteiger charge is 2.40. The van der Waals surface area contributed by atoms with Gasteiger partial charge in [-0.25, -0.2) is 0 Å². The molecule has 1 rings (SSSR count). The van der Waals surface area contributed by atoms with Crippen molar-refractivity contribution >= 4 is 25.5 Å². The summed E-state index contributed by atoms with van der Waals surface area (Å²) in [4.78, 5) is 0. The van der Waals surface area contributed by atoms with Gasteiger partial charge in [-0.05, 0) is 43.9 Å². The normalized spacial score (nSPS) is 10.9. The van der Waals surface area contributed by atoms with E-state index in [4.69, 9.17) is 13.3 Å². The lowest BCUT2D eigenvalue weighted by Gasteiger charge is -2.28. The van der Waals surface area contributed by atoms with Crippen LogP contribution in [0.4, 0.5) is 5.69 Å². The predicted octanol–water partition coefficient (Wildman–Crippen LogP) is 1.23. The van der Waals surface area contributed by atoms with E-state index >= 15 is 0 Å². The molecule has 0 amide bonds. The SMILES string of the molecule is CCO[Si](CNc1ccccc1)(OCC)OCC.[SiH4]. The fourth-order valence-electron chi connectivity index (χ4n) is 1.70. The molecular weight excluding hydrogens is 274 g/mol. The maximum atomic E-state index is 5.76. The van der Waals surface area contributed by atoms with E-state index in [0.717, 1.165) is 5.69 Å². The second kappa shape index (κ2) is 10.2. The average molecular weight is 302 g/mol. The van der Waals surface area contributed by atoms with Gasteiger partial charge in [0.05, 0.1) is 6.17 Å². The van der Waals surface area contributed by atoms with E-state index in [2.05, 4.69) is 5.32 Å². The summed E-state index contributed by atoms with van der Waals surface area (Å²) < 4.78 is 17.3. The first-order chi connectivity index (χ1) is 8.76. The highest BCUT2D eigenvalue weighted by atomic mass is 28.4. The number of benzene rings is 1. The Bertz CT molecular complexity index is 308. The lowest BCUT2D eigenvalue weighted by Crippen LogP contribution is -2.52. The van der Waals surface area contributed by atoms with E-state index in [-0.39, 0.29) is 11.0 Å². The molecule has 0 saturated heterocycles. The van der Waals surface area contributed by atoms with Crippen LogP contribution in [-0.4, -0.2) is 45.8 Å². The van der Waals surface area contributed by atoms with Crippen LogP contribution in [0.15, 0.2) is 30.3 Å². The lowest BCUT2D eigenvalue weighted by molar-refractivity contribution is 0.0740. The molecular formula is C13H27NO3Si2. The minimum absolute atomic E-state index is 0. The van der Waals surface area contributed by atoms with Gasteiger partial charge in [-0.3, -0.25) is 0 Å². The Kier molecular flexibility index (Phi) is 9.80. The number of anilines is 1. The van der Waals surface area contributed by atoms with Crippen LogP contribution in [0.25, 0.3) is 0 Å². The predicted molar refractivity (Wildman–Crippen MR) is 86.9 cm³/mol. The van der Waals surface area contributed by atoms with Crippen molar-refractivity contribution in [3.63, 3.8) is 0 Å². The number of rotatable bonds is 9. The van der Waals surface area contributed by atoms with Gasteiger partial charge in [0.2, 0.25) is 0 Å². The monoisotopic (exact) mass is 301 g/mol. The van der Waals surface area contributed by atoms with Crippen molar-refractivity contribution in [3.05, 3.63) is 30.3 Å². The van der Waals surface area contributed by atoms with Gasteiger partial charge in [0.25, 0.3) is 0 Å². The molecule has 0 fully saturated rings. The van der Waals surface area contributed by atoms with Gasteiger partial charge < -0.3 is 18.6 Å². The standard InChI is InChI=1S/C13H23NO3Si.H4Si/c1-4-15-18(16-5-2,17-6-3)12-14-13-10-8-7-9-11-13;/h7-11,14H,4-6,12H2,1-3H3;1H4. The van der Waals surface area contributed by atoms with Gasteiger partial charge in [0, 0.05) is 25.5 Å². The number of hydrogen-bond donors (Lipinski definition) is 1. The summed E-state index contributed by atoms with van der Waals surface area (Å²) in [5.74, 6) is 0. The Morgan fingerprint density at radius 2 is 1.37 bits per heavy atom. The van der Waals surface area contributed by atoms with Gasteiger partial charge in [-0.2, -0.15) is 0 Å². The van der Waals surface area contributed by atoms with Crippen molar-refractivity contribution < 1.29 is 13.3 Å². The summed E-state index contributed by atoms with van der Waals surface area (Å²) in [7, 11) is -2.59. The molecule has 0 aliphatic heterocycles. The zero-order chi connectivity index (χ0) is 13.3. The lowest BCUT2D eigenvalue weighted by atomic mass is 10.3. The summed E-state index contributed by atoms with van der Waals surface area (Å²) in [6, 6.07) is 10.0. The van der Waals surface area contributed by atoms with Crippen LogP contribution < -0.4 is 5.32 Å².